The molecule has 2 aromatic heterocycles. The Morgan fingerprint density at radius 1 is 1.11 bits per heavy atom. The highest BCUT2D eigenvalue weighted by molar-refractivity contribution is 6.31. The second-order valence-electron chi connectivity index (χ2n) is 6.20. The van der Waals surface area contributed by atoms with Gasteiger partial charge in [-0.1, -0.05) is 48.0 Å². The van der Waals surface area contributed by atoms with Crippen LogP contribution in [0, 0.1) is 6.92 Å². The predicted octanol–water partition coefficient (Wildman–Crippen LogP) is 3.64. The lowest BCUT2D eigenvalue weighted by Crippen LogP contribution is -2.21. The fourth-order valence-electron chi connectivity index (χ4n) is 2.84. The molecule has 0 atom stereocenters. The van der Waals surface area contributed by atoms with Gasteiger partial charge in [-0.2, -0.15) is 9.50 Å². The Kier molecular flexibility index (Phi) is 4.41. The van der Waals surface area contributed by atoms with Gasteiger partial charge < -0.3 is 9.30 Å². The third-order valence-corrected chi connectivity index (χ3v) is 4.85. The third kappa shape index (κ3) is 3.19. The molecule has 0 amide bonds. The number of benzene rings is 2. The van der Waals surface area contributed by atoms with Crippen LogP contribution in [0.2, 0.25) is 5.02 Å². The topological polar surface area (TPSA) is 61.4 Å². The van der Waals surface area contributed by atoms with Crippen molar-refractivity contribution in [3.05, 3.63) is 81.2 Å². The van der Waals surface area contributed by atoms with Crippen LogP contribution < -0.4 is 10.3 Å². The van der Waals surface area contributed by atoms with Gasteiger partial charge in [-0.05, 0) is 19.1 Å². The second kappa shape index (κ2) is 6.89. The Hall–Kier alpha value is -3.12. The standard InChI is InChI=1S/C20H17ClN4O2/c1-13-16(21)9-6-10-17(13)27-12-15-11-18(26)25-20(24(15)2)22-19(23-25)14-7-4-3-5-8-14/h3-11H,12H2,1-2H3. The van der Waals surface area contributed by atoms with Crippen molar-refractivity contribution < 1.29 is 4.74 Å². The molecular weight excluding hydrogens is 364 g/mol. The molecule has 0 spiro atoms. The van der Waals surface area contributed by atoms with E-state index in [2.05, 4.69) is 10.1 Å². The minimum atomic E-state index is -0.251. The molecule has 0 saturated carbocycles. The molecule has 0 radical (unpaired) electrons. The van der Waals surface area contributed by atoms with E-state index in [-0.39, 0.29) is 12.2 Å². The number of halogens is 1. The number of hydrogen-bond acceptors (Lipinski definition) is 4. The van der Waals surface area contributed by atoms with E-state index in [0.717, 1.165) is 11.1 Å². The van der Waals surface area contributed by atoms with Crippen LogP contribution in [-0.2, 0) is 13.7 Å². The van der Waals surface area contributed by atoms with Gasteiger partial charge in [0.2, 0.25) is 5.78 Å². The molecule has 0 N–H and O–H groups in total. The summed E-state index contributed by atoms with van der Waals surface area (Å²) in [4.78, 5) is 17.0. The summed E-state index contributed by atoms with van der Waals surface area (Å²) >= 11 is 6.13. The summed E-state index contributed by atoms with van der Waals surface area (Å²) in [5, 5.41) is 4.98. The van der Waals surface area contributed by atoms with Gasteiger partial charge in [0.15, 0.2) is 5.82 Å². The predicted molar refractivity (Wildman–Crippen MR) is 104 cm³/mol. The zero-order chi connectivity index (χ0) is 19.0. The summed E-state index contributed by atoms with van der Waals surface area (Å²) in [5.74, 6) is 1.65. The van der Waals surface area contributed by atoms with Crippen molar-refractivity contribution in [2.24, 2.45) is 7.05 Å². The highest BCUT2D eigenvalue weighted by Gasteiger charge is 2.14. The van der Waals surface area contributed by atoms with Gasteiger partial charge in [0.25, 0.3) is 5.56 Å². The highest BCUT2D eigenvalue weighted by Crippen LogP contribution is 2.25. The van der Waals surface area contributed by atoms with Crippen LogP contribution in [0.15, 0.2) is 59.4 Å². The van der Waals surface area contributed by atoms with Gasteiger partial charge in [-0.25, -0.2) is 0 Å². The smallest absolute Gasteiger partial charge is 0.276 e. The van der Waals surface area contributed by atoms with E-state index in [0.29, 0.717) is 28.1 Å². The van der Waals surface area contributed by atoms with Crippen LogP contribution in [0.4, 0.5) is 0 Å². The van der Waals surface area contributed by atoms with Crippen molar-refractivity contribution in [1.29, 1.82) is 0 Å². The van der Waals surface area contributed by atoms with Crippen LogP contribution in [-0.4, -0.2) is 19.2 Å². The lowest BCUT2D eigenvalue weighted by Gasteiger charge is -2.13. The van der Waals surface area contributed by atoms with Gasteiger partial charge in [0, 0.05) is 29.3 Å². The van der Waals surface area contributed by atoms with Gasteiger partial charge in [-0.3, -0.25) is 4.79 Å². The quantitative estimate of drug-likeness (QED) is 0.542. The lowest BCUT2D eigenvalue weighted by atomic mass is 10.2. The van der Waals surface area contributed by atoms with Crippen molar-refractivity contribution in [1.82, 2.24) is 19.2 Å². The number of aryl methyl sites for hydroxylation is 1. The summed E-state index contributed by atoms with van der Waals surface area (Å²) in [6, 6.07) is 16.6. The number of aromatic nitrogens is 4. The van der Waals surface area contributed by atoms with Crippen LogP contribution in [0.1, 0.15) is 11.3 Å². The van der Waals surface area contributed by atoms with Crippen LogP contribution in [0.3, 0.4) is 0 Å². The van der Waals surface area contributed by atoms with Crippen molar-refractivity contribution >= 4 is 17.4 Å². The minimum absolute atomic E-state index is 0.219. The van der Waals surface area contributed by atoms with E-state index < -0.39 is 0 Å². The molecule has 136 valence electrons. The van der Waals surface area contributed by atoms with Crippen LogP contribution in [0.25, 0.3) is 17.2 Å². The van der Waals surface area contributed by atoms with Crippen molar-refractivity contribution in [2.75, 3.05) is 0 Å². The first-order valence-electron chi connectivity index (χ1n) is 8.43. The van der Waals surface area contributed by atoms with E-state index in [1.165, 1.54) is 10.6 Å². The van der Waals surface area contributed by atoms with Crippen molar-refractivity contribution in [3.8, 4) is 17.1 Å². The first-order valence-corrected chi connectivity index (χ1v) is 8.81. The second-order valence-corrected chi connectivity index (χ2v) is 6.61. The average molecular weight is 381 g/mol. The maximum Gasteiger partial charge on any atom is 0.276 e. The summed E-state index contributed by atoms with van der Waals surface area (Å²) in [7, 11) is 1.84. The molecule has 27 heavy (non-hydrogen) atoms. The van der Waals surface area contributed by atoms with Crippen molar-refractivity contribution in [2.45, 2.75) is 13.5 Å². The van der Waals surface area contributed by atoms with Gasteiger partial charge in [-0.15, -0.1) is 5.10 Å². The fourth-order valence-corrected chi connectivity index (χ4v) is 3.01. The molecule has 4 rings (SSSR count). The Labute approximate surface area is 160 Å². The minimum Gasteiger partial charge on any atom is -0.487 e. The van der Waals surface area contributed by atoms with Gasteiger partial charge in [0.1, 0.15) is 12.4 Å². The summed E-state index contributed by atoms with van der Waals surface area (Å²) in [6.07, 6.45) is 0. The monoisotopic (exact) mass is 380 g/mol. The number of ether oxygens (including phenoxy) is 1. The number of rotatable bonds is 4. The summed E-state index contributed by atoms with van der Waals surface area (Å²) in [5.41, 5.74) is 2.16. The molecular formula is C20H17ClN4O2. The van der Waals surface area contributed by atoms with E-state index in [4.69, 9.17) is 16.3 Å². The first kappa shape index (κ1) is 17.3. The first-order chi connectivity index (χ1) is 13.0. The molecule has 0 bridgehead atoms. The highest BCUT2D eigenvalue weighted by atomic mass is 35.5. The van der Waals surface area contributed by atoms with E-state index in [1.807, 2.05) is 62.5 Å². The molecule has 0 fully saturated rings. The Bertz CT molecular complexity index is 1180. The largest absolute Gasteiger partial charge is 0.487 e. The number of nitrogens with zero attached hydrogens (tertiary/aromatic N) is 4. The molecule has 0 saturated heterocycles. The van der Waals surface area contributed by atoms with Gasteiger partial charge in [0.05, 0.1) is 5.69 Å². The Balaban J connectivity index is 1.71. The maximum absolute atomic E-state index is 12.5. The SMILES string of the molecule is Cc1c(Cl)cccc1OCc1cc(=O)n2nc(-c3ccccc3)nc2n1C. The third-order valence-electron chi connectivity index (χ3n) is 4.45. The van der Waals surface area contributed by atoms with Gasteiger partial charge >= 0.3 is 0 Å². The fraction of sp³-hybridized carbons (Fsp3) is 0.150. The molecule has 0 aliphatic heterocycles. The molecule has 7 heteroatoms. The van der Waals surface area contributed by atoms with Crippen LogP contribution >= 0.6 is 11.6 Å². The molecule has 0 aliphatic carbocycles. The summed E-state index contributed by atoms with van der Waals surface area (Å²) < 4.78 is 8.99. The Morgan fingerprint density at radius 2 is 1.89 bits per heavy atom. The van der Waals surface area contributed by atoms with E-state index >= 15 is 0 Å². The maximum atomic E-state index is 12.5. The zero-order valence-electron chi connectivity index (χ0n) is 14.9. The average Bonchev–Trinajstić information content (AvgIpc) is 3.14. The molecule has 2 heterocycles. The molecule has 0 unspecified atom stereocenters. The van der Waals surface area contributed by atoms with E-state index in [1.54, 1.807) is 4.57 Å². The van der Waals surface area contributed by atoms with E-state index in [9.17, 15) is 4.79 Å². The van der Waals surface area contributed by atoms with Crippen molar-refractivity contribution in [3.63, 3.8) is 0 Å². The summed E-state index contributed by atoms with van der Waals surface area (Å²) in [6.45, 7) is 2.11. The molecule has 0 aliphatic rings. The zero-order valence-corrected chi connectivity index (χ0v) is 15.6. The molecule has 6 nitrogen and oxygen atoms in total. The lowest BCUT2D eigenvalue weighted by molar-refractivity contribution is 0.294. The normalized spacial score (nSPS) is 11.1. The Morgan fingerprint density at radius 3 is 2.67 bits per heavy atom. The number of hydrogen-bond donors (Lipinski definition) is 0. The number of fused-ring (bicyclic) bond motifs is 1. The molecule has 2 aromatic carbocycles. The van der Waals surface area contributed by atoms with Crippen LogP contribution in [0.5, 0.6) is 5.75 Å². The molecule has 4 aromatic rings.